The molecule has 0 spiro atoms. The number of ketones is 1. The van der Waals surface area contributed by atoms with Crippen molar-refractivity contribution in [2.45, 2.75) is 45.6 Å². The Bertz CT molecular complexity index is 683. The van der Waals surface area contributed by atoms with Gasteiger partial charge in [0.2, 0.25) is 0 Å². The zero-order valence-corrected chi connectivity index (χ0v) is 15.6. The topological polar surface area (TPSA) is 66.8 Å². The second kappa shape index (κ2) is 7.40. The number of carbonyl (C=O) groups is 2. The number of carbonyl (C=O) groups excluding carboxylic acids is 2. The minimum atomic E-state index is -0.566. The summed E-state index contributed by atoms with van der Waals surface area (Å²) in [6.07, 6.45) is 0.237. The van der Waals surface area contributed by atoms with Crippen molar-refractivity contribution in [1.82, 2.24) is 4.90 Å². The highest BCUT2D eigenvalue weighted by Crippen LogP contribution is 2.38. The summed E-state index contributed by atoms with van der Waals surface area (Å²) in [6, 6.07) is 7.32. The zero-order chi connectivity index (χ0) is 18.8. The van der Waals surface area contributed by atoms with E-state index in [1.54, 1.807) is 14.0 Å². The van der Waals surface area contributed by atoms with Gasteiger partial charge in [-0.05, 0) is 16.5 Å². The summed E-state index contributed by atoms with van der Waals surface area (Å²) in [5.74, 6) is -1.16. The van der Waals surface area contributed by atoms with E-state index in [-0.39, 0.29) is 23.2 Å². The van der Waals surface area contributed by atoms with Gasteiger partial charge in [0.05, 0.1) is 18.2 Å². The van der Waals surface area contributed by atoms with Crippen molar-refractivity contribution < 1.29 is 19.4 Å². The van der Waals surface area contributed by atoms with Gasteiger partial charge in [-0.15, -0.1) is 0 Å². The standard InChI is InChI=1S/C20H27NO4/c1-6-15(22)16-17(21(11-12-25-5)19(24)18(16)23)13-7-9-14(10-8-13)20(2,3)4/h7-10,17,23H,6,11-12H2,1-5H3. The summed E-state index contributed by atoms with van der Waals surface area (Å²) in [5.41, 5.74) is 2.19. The number of hydrogen-bond donors (Lipinski definition) is 1. The third-order valence-corrected chi connectivity index (χ3v) is 4.55. The average Bonchev–Trinajstić information content (AvgIpc) is 2.83. The SMILES string of the molecule is CCC(=O)C1=C(O)C(=O)N(CCOC)C1c1ccc(C(C)(C)C)cc1. The van der Waals surface area contributed by atoms with E-state index in [0.717, 1.165) is 5.56 Å². The molecule has 25 heavy (non-hydrogen) atoms. The second-order valence-corrected chi connectivity index (χ2v) is 7.30. The van der Waals surface area contributed by atoms with E-state index < -0.39 is 17.7 Å². The van der Waals surface area contributed by atoms with Crippen LogP contribution in [0.3, 0.4) is 0 Å². The van der Waals surface area contributed by atoms with Gasteiger partial charge in [0, 0.05) is 20.1 Å². The van der Waals surface area contributed by atoms with Crippen molar-refractivity contribution in [3.63, 3.8) is 0 Å². The monoisotopic (exact) mass is 345 g/mol. The van der Waals surface area contributed by atoms with Crippen LogP contribution in [0.1, 0.15) is 51.3 Å². The zero-order valence-electron chi connectivity index (χ0n) is 15.6. The van der Waals surface area contributed by atoms with Crippen LogP contribution in [-0.2, 0) is 19.7 Å². The van der Waals surface area contributed by atoms with Crippen LogP contribution in [-0.4, -0.2) is 42.0 Å². The normalized spacial score (nSPS) is 18.2. The maximum atomic E-state index is 12.5. The first-order valence-corrected chi connectivity index (χ1v) is 8.59. The van der Waals surface area contributed by atoms with E-state index in [1.807, 2.05) is 24.3 Å². The van der Waals surface area contributed by atoms with Crippen LogP contribution in [0.2, 0.25) is 0 Å². The maximum Gasteiger partial charge on any atom is 0.290 e. The van der Waals surface area contributed by atoms with Crippen LogP contribution < -0.4 is 0 Å². The molecule has 0 aliphatic carbocycles. The van der Waals surface area contributed by atoms with E-state index in [9.17, 15) is 14.7 Å². The number of methoxy groups -OCH3 is 1. The molecule has 0 saturated heterocycles. The molecule has 1 N–H and O–H groups in total. The Morgan fingerprint density at radius 3 is 2.32 bits per heavy atom. The maximum absolute atomic E-state index is 12.5. The molecular weight excluding hydrogens is 318 g/mol. The fourth-order valence-corrected chi connectivity index (χ4v) is 3.06. The van der Waals surface area contributed by atoms with Gasteiger partial charge in [0.25, 0.3) is 5.91 Å². The summed E-state index contributed by atoms with van der Waals surface area (Å²) in [4.78, 5) is 26.3. The highest BCUT2D eigenvalue weighted by Gasteiger charge is 2.42. The van der Waals surface area contributed by atoms with Crippen molar-refractivity contribution in [1.29, 1.82) is 0 Å². The minimum Gasteiger partial charge on any atom is -0.503 e. The number of amides is 1. The van der Waals surface area contributed by atoms with E-state index in [1.165, 1.54) is 10.5 Å². The molecule has 5 nitrogen and oxygen atoms in total. The van der Waals surface area contributed by atoms with E-state index in [2.05, 4.69) is 20.8 Å². The summed E-state index contributed by atoms with van der Waals surface area (Å²) in [6.45, 7) is 8.76. The molecule has 1 aromatic rings. The van der Waals surface area contributed by atoms with Crippen LogP contribution in [0, 0.1) is 0 Å². The largest absolute Gasteiger partial charge is 0.503 e. The van der Waals surface area contributed by atoms with Crippen LogP contribution in [0.5, 0.6) is 0 Å². The van der Waals surface area contributed by atoms with Gasteiger partial charge in [-0.25, -0.2) is 0 Å². The summed E-state index contributed by atoms with van der Waals surface area (Å²) in [5, 5.41) is 10.3. The van der Waals surface area contributed by atoms with Crippen LogP contribution in [0.25, 0.3) is 0 Å². The molecular formula is C20H27NO4. The molecule has 5 heteroatoms. The molecule has 1 amide bonds. The molecule has 2 rings (SSSR count). The Morgan fingerprint density at radius 1 is 1.24 bits per heavy atom. The van der Waals surface area contributed by atoms with Gasteiger partial charge in [-0.2, -0.15) is 0 Å². The molecule has 0 aromatic heterocycles. The number of ether oxygens (including phenoxy) is 1. The number of Topliss-reactive ketones (excluding diaryl/α,β-unsaturated/α-hetero) is 1. The second-order valence-electron chi connectivity index (χ2n) is 7.30. The predicted octanol–water partition coefficient (Wildman–Crippen LogP) is 3.31. The molecule has 0 saturated carbocycles. The fourth-order valence-electron chi connectivity index (χ4n) is 3.06. The first-order valence-electron chi connectivity index (χ1n) is 8.59. The van der Waals surface area contributed by atoms with Gasteiger partial charge in [-0.1, -0.05) is 52.0 Å². The van der Waals surface area contributed by atoms with Crippen LogP contribution in [0.15, 0.2) is 35.6 Å². The number of benzene rings is 1. The number of rotatable bonds is 6. The Balaban J connectivity index is 2.47. The molecule has 0 radical (unpaired) electrons. The Hall–Kier alpha value is -2.14. The van der Waals surface area contributed by atoms with Crippen molar-refractivity contribution in [3.05, 3.63) is 46.7 Å². The van der Waals surface area contributed by atoms with Crippen molar-refractivity contribution in [2.24, 2.45) is 0 Å². The van der Waals surface area contributed by atoms with Crippen molar-refractivity contribution in [2.75, 3.05) is 20.3 Å². The van der Waals surface area contributed by atoms with Gasteiger partial charge < -0.3 is 14.7 Å². The summed E-state index contributed by atoms with van der Waals surface area (Å²) in [7, 11) is 1.55. The number of aliphatic hydroxyl groups is 1. The quantitative estimate of drug-likeness (QED) is 0.859. The first kappa shape index (κ1) is 19.2. The van der Waals surface area contributed by atoms with Gasteiger partial charge >= 0.3 is 0 Å². The Labute approximate surface area is 149 Å². The molecule has 1 aromatic carbocycles. The van der Waals surface area contributed by atoms with E-state index in [4.69, 9.17) is 4.74 Å². The molecule has 1 aliphatic rings. The number of aliphatic hydroxyl groups excluding tert-OH is 1. The summed E-state index contributed by atoms with van der Waals surface area (Å²) < 4.78 is 5.08. The van der Waals surface area contributed by atoms with Gasteiger partial charge in [0.1, 0.15) is 0 Å². The average molecular weight is 345 g/mol. The van der Waals surface area contributed by atoms with E-state index in [0.29, 0.717) is 13.2 Å². The molecule has 0 bridgehead atoms. The van der Waals surface area contributed by atoms with Crippen LogP contribution >= 0.6 is 0 Å². The lowest BCUT2D eigenvalue weighted by Crippen LogP contribution is -2.34. The Morgan fingerprint density at radius 2 is 1.84 bits per heavy atom. The minimum absolute atomic E-state index is 0.0137. The Kier molecular flexibility index (Phi) is 5.68. The lowest BCUT2D eigenvalue weighted by atomic mass is 9.85. The third kappa shape index (κ3) is 3.76. The van der Waals surface area contributed by atoms with Crippen molar-refractivity contribution in [3.8, 4) is 0 Å². The lowest BCUT2D eigenvalue weighted by Gasteiger charge is -2.27. The highest BCUT2D eigenvalue weighted by atomic mass is 16.5. The first-order chi connectivity index (χ1) is 11.7. The third-order valence-electron chi connectivity index (χ3n) is 4.55. The molecule has 1 atom stereocenters. The molecule has 1 heterocycles. The number of hydrogen-bond acceptors (Lipinski definition) is 4. The molecule has 1 unspecified atom stereocenters. The number of nitrogens with zero attached hydrogens (tertiary/aromatic N) is 1. The van der Waals surface area contributed by atoms with E-state index >= 15 is 0 Å². The summed E-state index contributed by atoms with van der Waals surface area (Å²) >= 11 is 0. The lowest BCUT2D eigenvalue weighted by molar-refractivity contribution is -0.130. The predicted molar refractivity (Wildman–Crippen MR) is 96.4 cm³/mol. The highest BCUT2D eigenvalue weighted by molar-refractivity contribution is 6.08. The molecule has 0 fully saturated rings. The van der Waals surface area contributed by atoms with Crippen LogP contribution in [0.4, 0.5) is 0 Å². The van der Waals surface area contributed by atoms with Gasteiger partial charge in [-0.3, -0.25) is 9.59 Å². The van der Waals surface area contributed by atoms with Gasteiger partial charge in [0.15, 0.2) is 11.5 Å². The molecule has 136 valence electrons. The fraction of sp³-hybridized carbons (Fsp3) is 0.500. The smallest absolute Gasteiger partial charge is 0.290 e. The molecule has 1 aliphatic heterocycles. The van der Waals surface area contributed by atoms with Crippen molar-refractivity contribution >= 4 is 11.7 Å².